The molecule has 1 amide bonds. The number of halogens is 1. The third-order valence-electron chi connectivity index (χ3n) is 3.07. The van der Waals surface area contributed by atoms with Gasteiger partial charge in [0.25, 0.3) is 0 Å². The van der Waals surface area contributed by atoms with Gasteiger partial charge in [-0.3, -0.25) is 4.79 Å². The Kier molecular flexibility index (Phi) is 4.51. The number of carbonyl (C=O) groups is 1. The van der Waals surface area contributed by atoms with Gasteiger partial charge in [0.05, 0.1) is 10.2 Å². The molecule has 1 N–H and O–H groups in total. The second kappa shape index (κ2) is 6.73. The molecule has 0 aliphatic heterocycles. The van der Waals surface area contributed by atoms with E-state index in [2.05, 4.69) is 10.3 Å². The first-order valence-electron chi connectivity index (χ1n) is 6.77. The van der Waals surface area contributed by atoms with E-state index in [1.165, 1.54) is 6.08 Å². The number of carbonyl (C=O) groups excluding carboxylic acids is 1. The lowest BCUT2D eigenvalue weighted by molar-refractivity contribution is -0.116. The van der Waals surface area contributed by atoms with E-state index in [1.54, 1.807) is 29.5 Å². The monoisotopic (exact) mass is 328 g/mol. The van der Waals surface area contributed by atoms with Gasteiger partial charge in [-0.2, -0.15) is 0 Å². The maximum atomic E-state index is 11.8. The number of hydrogen-bond acceptors (Lipinski definition) is 3. The van der Waals surface area contributed by atoms with Crippen molar-refractivity contribution in [2.24, 2.45) is 0 Å². The van der Waals surface area contributed by atoms with Crippen molar-refractivity contribution in [3.63, 3.8) is 0 Å². The summed E-state index contributed by atoms with van der Waals surface area (Å²) in [6.07, 6.45) is 3.25. The Bertz CT molecular complexity index is 791. The van der Waals surface area contributed by atoms with Gasteiger partial charge in [-0.15, -0.1) is 11.3 Å². The highest BCUT2D eigenvalue weighted by Gasteiger charge is 2.01. The van der Waals surface area contributed by atoms with Crippen LogP contribution >= 0.6 is 22.9 Å². The highest BCUT2D eigenvalue weighted by atomic mass is 35.5. The predicted molar refractivity (Wildman–Crippen MR) is 92.0 cm³/mol. The zero-order valence-corrected chi connectivity index (χ0v) is 13.2. The molecule has 1 aromatic heterocycles. The van der Waals surface area contributed by atoms with E-state index in [1.807, 2.05) is 36.4 Å². The van der Waals surface area contributed by atoms with Crippen LogP contribution in [0.2, 0.25) is 5.02 Å². The molecular formula is C17H13ClN2OS. The van der Waals surface area contributed by atoms with Crippen LogP contribution in [0.3, 0.4) is 0 Å². The van der Waals surface area contributed by atoms with Crippen LogP contribution in [0, 0.1) is 0 Å². The van der Waals surface area contributed by atoms with Crippen molar-refractivity contribution in [2.75, 3.05) is 0 Å². The van der Waals surface area contributed by atoms with Crippen LogP contribution in [0.4, 0.5) is 0 Å². The van der Waals surface area contributed by atoms with Crippen LogP contribution in [-0.4, -0.2) is 10.9 Å². The second-order valence-corrected chi connectivity index (χ2v) is 6.20. The maximum absolute atomic E-state index is 11.8. The van der Waals surface area contributed by atoms with Crippen LogP contribution in [0.15, 0.2) is 54.6 Å². The number of benzene rings is 2. The fourth-order valence-electron chi connectivity index (χ4n) is 1.96. The molecule has 3 nitrogen and oxygen atoms in total. The van der Waals surface area contributed by atoms with Gasteiger partial charge in [0.2, 0.25) is 5.91 Å². The number of aromatic nitrogens is 1. The van der Waals surface area contributed by atoms with E-state index in [-0.39, 0.29) is 5.91 Å². The molecule has 110 valence electrons. The van der Waals surface area contributed by atoms with E-state index < -0.39 is 0 Å². The number of nitrogens with one attached hydrogen (secondary N) is 1. The lowest BCUT2D eigenvalue weighted by Gasteiger charge is -2.02. The average Bonchev–Trinajstić information content (AvgIpc) is 2.95. The van der Waals surface area contributed by atoms with Crippen molar-refractivity contribution < 1.29 is 4.79 Å². The fourth-order valence-corrected chi connectivity index (χ4v) is 2.95. The normalized spacial score (nSPS) is 11.1. The molecule has 5 heteroatoms. The molecule has 0 spiro atoms. The minimum atomic E-state index is -0.144. The highest BCUT2D eigenvalue weighted by molar-refractivity contribution is 7.19. The first-order chi connectivity index (χ1) is 10.7. The first-order valence-corrected chi connectivity index (χ1v) is 7.96. The van der Waals surface area contributed by atoms with E-state index in [9.17, 15) is 4.79 Å². The molecule has 0 bridgehead atoms. The zero-order valence-electron chi connectivity index (χ0n) is 11.6. The lowest BCUT2D eigenvalue weighted by Crippen LogP contribution is -2.20. The van der Waals surface area contributed by atoms with E-state index in [0.29, 0.717) is 11.6 Å². The highest BCUT2D eigenvalue weighted by Crippen LogP contribution is 2.22. The summed E-state index contributed by atoms with van der Waals surface area (Å²) in [6.45, 7) is 0.472. The fraction of sp³-hybridized carbons (Fsp3) is 0.0588. The van der Waals surface area contributed by atoms with Gasteiger partial charge in [-0.25, -0.2) is 4.98 Å². The van der Waals surface area contributed by atoms with Gasteiger partial charge in [-0.1, -0.05) is 35.9 Å². The molecule has 0 aliphatic rings. The lowest BCUT2D eigenvalue weighted by atomic mass is 10.2. The Morgan fingerprint density at radius 1 is 1.18 bits per heavy atom. The van der Waals surface area contributed by atoms with Gasteiger partial charge >= 0.3 is 0 Å². The number of para-hydroxylation sites is 1. The Morgan fingerprint density at radius 2 is 1.95 bits per heavy atom. The Hall–Kier alpha value is -2.17. The van der Waals surface area contributed by atoms with Gasteiger partial charge in [-0.05, 0) is 35.9 Å². The number of rotatable bonds is 4. The molecule has 1 heterocycles. The number of fused-ring (bicyclic) bond motifs is 1. The molecule has 22 heavy (non-hydrogen) atoms. The third-order valence-corrected chi connectivity index (χ3v) is 4.32. The van der Waals surface area contributed by atoms with E-state index >= 15 is 0 Å². The molecule has 0 radical (unpaired) electrons. The summed E-state index contributed by atoms with van der Waals surface area (Å²) in [5.74, 6) is -0.144. The summed E-state index contributed by atoms with van der Waals surface area (Å²) in [4.78, 5) is 16.3. The smallest absolute Gasteiger partial charge is 0.244 e. The topological polar surface area (TPSA) is 42.0 Å². The number of nitrogens with zero attached hydrogens (tertiary/aromatic N) is 1. The third kappa shape index (κ3) is 3.72. The summed E-state index contributed by atoms with van der Waals surface area (Å²) in [5, 5.41) is 4.34. The van der Waals surface area contributed by atoms with Crippen molar-refractivity contribution in [3.8, 4) is 0 Å². The van der Waals surface area contributed by atoms with Gasteiger partial charge < -0.3 is 5.32 Å². The number of amides is 1. The van der Waals surface area contributed by atoms with Gasteiger partial charge in [0, 0.05) is 17.6 Å². The van der Waals surface area contributed by atoms with Crippen molar-refractivity contribution in [1.82, 2.24) is 10.3 Å². The van der Waals surface area contributed by atoms with Crippen LogP contribution < -0.4 is 5.32 Å². The molecule has 0 saturated carbocycles. The van der Waals surface area contributed by atoms with Crippen molar-refractivity contribution in [3.05, 3.63) is 70.2 Å². The molecule has 0 aliphatic carbocycles. The van der Waals surface area contributed by atoms with Crippen LogP contribution in [-0.2, 0) is 11.3 Å². The molecule has 3 aromatic rings. The zero-order chi connectivity index (χ0) is 15.4. The largest absolute Gasteiger partial charge is 0.348 e. The second-order valence-electron chi connectivity index (χ2n) is 4.70. The molecule has 2 aromatic carbocycles. The van der Waals surface area contributed by atoms with E-state index in [4.69, 9.17) is 11.6 Å². The van der Waals surface area contributed by atoms with Gasteiger partial charge in [0.1, 0.15) is 5.01 Å². The molecule has 0 saturated heterocycles. The average molecular weight is 329 g/mol. The minimum Gasteiger partial charge on any atom is -0.348 e. The maximum Gasteiger partial charge on any atom is 0.244 e. The van der Waals surface area contributed by atoms with Crippen LogP contribution in [0.25, 0.3) is 16.3 Å². The molecule has 0 fully saturated rings. The van der Waals surface area contributed by atoms with E-state index in [0.717, 1.165) is 20.8 Å². The summed E-state index contributed by atoms with van der Waals surface area (Å²) in [5.41, 5.74) is 1.96. The summed E-state index contributed by atoms with van der Waals surface area (Å²) < 4.78 is 1.11. The van der Waals surface area contributed by atoms with Crippen molar-refractivity contribution >= 4 is 45.1 Å². The van der Waals surface area contributed by atoms with Crippen molar-refractivity contribution in [1.29, 1.82) is 0 Å². The Labute approximate surface area is 137 Å². The Morgan fingerprint density at radius 3 is 2.73 bits per heavy atom. The summed E-state index contributed by atoms with van der Waals surface area (Å²) in [6, 6.07) is 15.3. The standard InChI is InChI=1S/C17H13ClN2OS/c18-13-7-5-12(6-8-13)11-19-16(21)9-10-17-20-14-3-1-2-4-15(14)22-17/h1-10H,11H2,(H,19,21)/b10-9+. The SMILES string of the molecule is O=C(/C=C/c1nc2ccccc2s1)NCc1ccc(Cl)cc1. The summed E-state index contributed by atoms with van der Waals surface area (Å²) in [7, 11) is 0. The molecule has 0 atom stereocenters. The summed E-state index contributed by atoms with van der Waals surface area (Å²) >= 11 is 7.38. The molecule has 0 unspecified atom stereocenters. The minimum absolute atomic E-state index is 0.144. The number of thiazole rings is 1. The van der Waals surface area contributed by atoms with Crippen molar-refractivity contribution in [2.45, 2.75) is 6.54 Å². The number of hydrogen-bond donors (Lipinski definition) is 1. The molecule has 3 rings (SSSR count). The quantitative estimate of drug-likeness (QED) is 0.726. The van der Waals surface area contributed by atoms with Crippen LogP contribution in [0.1, 0.15) is 10.6 Å². The van der Waals surface area contributed by atoms with Crippen LogP contribution in [0.5, 0.6) is 0 Å². The molecular weight excluding hydrogens is 316 g/mol. The predicted octanol–water partition coefficient (Wildman–Crippen LogP) is 4.28. The van der Waals surface area contributed by atoms with Gasteiger partial charge in [0.15, 0.2) is 0 Å². The Balaban J connectivity index is 1.59. The first kappa shape index (κ1) is 14.8.